The zero-order valence-electron chi connectivity index (χ0n) is 17.2. The quantitative estimate of drug-likeness (QED) is 0.493. The maximum absolute atomic E-state index is 12.8. The topological polar surface area (TPSA) is 126 Å². The molecule has 0 fully saturated rings. The number of rotatable bonds is 9. The van der Waals surface area contributed by atoms with E-state index in [9.17, 15) is 18.0 Å². The van der Waals surface area contributed by atoms with Crippen LogP contribution in [0.3, 0.4) is 0 Å². The molecule has 0 unspecified atom stereocenters. The maximum atomic E-state index is 12.8. The van der Waals surface area contributed by atoms with Gasteiger partial charge in [0.1, 0.15) is 6.54 Å². The molecule has 11 heteroatoms. The number of hydrogen-bond donors (Lipinski definition) is 1. The number of carbonyl (C=O) groups excluding carboxylic acids is 1. The van der Waals surface area contributed by atoms with Crippen molar-refractivity contribution in [2.45, 2.75) is 24.8 Å². The molecule has 0 saturated heterocycles. The number of aromatic nitrogens is 1. The second kappa shape index (κ2) is 9.13. The van der Waals surface area contributed by atoms with Crippen LogP contribution in [0.4, 0.5) is 5.69 Å². The van der Waals surface area contributed by atoms with Crippen LogP contribution in [0.25, 0.3) is 11.1 Å². The number of esters is 1. The van der Waals surface area contributed by atoms with Crippen molar-refractivity contribution < 1.29 is 31.8 Å². The van der Waals surface area contributed by atoms with Crippen molar-refractivity contribution in [1.82, 2.24) is 4.57 Å². The van der Waals surface area contributed by atoms with E-state index < -0.39 is 21.7 Å². The summed E-state index contributed by atoms with van der Waals surface area (Å²) in [6.45, 7) is 1.76. The third kappa shape index (κ3) is 4.82. The summed E-state index contributed by atoms with van der Waals surface area (Å²) >= 11 is 0. The normalized spacial score (nSPS) is 11.3. The average molecular weight is 450 g/mol. The summed E-state index contributed by atoms with van der Waals surface area (Å²) in [6.07, 6.45) is 0.654. The molecule has 0 aliphatic carbocycles. The van der Waals surface area contributed by atoms with Gasteiger partial charge in [0.2, 0.25) is 0 Å². The Bertz CT molecular complexity index is 1260. The molecule has 0 saturated carbocycles. The zero-order valence-corrected chi connectivity index (χ0v) is 18.0. The molecule has 10 nitrogen and oxygen atoms in total. The van der Waals surface area contributed by atoms with E-state index in [1.54, 1.807) is 6.07 Å². The van der Waals surface area contributed by atoms with E-state index >= 15 is 0 Å². The summed E-state index contributed by atoms with van der Waals surface area (Å²) in [7, 11) is -1.09. The number of ether oxygens (including phenoxy) is 3. The predicted molar refractivity (Wildman–Crippen MR) is 112 cm³/mol. The molecule has 166 valence electrons. The van der Waals surface area contributed by atoms with Gasteiger partial charge in [-0.25, -0.2) is 13.2 Å². The van der Waals surface area contributed by atoms with E-state index in [0.717, 1.165) is 4.57 Å². The first-order chi connectivity index (χ1) is 14.8. The summed E-state index contributed by atoms with van der Waals surface area (Å²) in [5.41, 5.74) is 0.572. The van der Waals surface area contributed by atoms with Crippen molar-refractivity contribution in [1.29, 1.82) is 0 Å². The van der Waals surface area contributed by atoms with Gasteiger partial charge in [0.05, 0.1) is 36.9 Å². The highest BCUT2D eigenvalue weighted by molar-refractivity contribution is 7.92. The number of methoxy groups -OCH3 is 2. The Morgan fingerprint density at radius 1 is 1.10 bits per heavy atom. The molecule has 0 bridgehead atoms. The summed E-state index contributed by atoms with van der Waals surface area (Å²) in [6, 6.07) is 8.50. The van der Waals surface area contributed by atoms with E-state index in [-0.39, 0.29) is 34.8 Å². The van der Waals surface area contributed by atoms with Gasteiger partial charge < -0.3 is 18.6 Å². The largest absolute Gasteiger partial charge is 0.493 e. The Hall–Kier alpha value is -3.47. The second-order valence-corrected chi connectivity index (χ2v) is 8.16. The Balaban J connectivity index is 1.89. The highest BCUT2D eigenvalue weighted by Crippen LogP contribution is 2.31. The van der Waals surface area contributed by atoms with Crippen LogP contribution < -0.4 is 20.0 Å². The van der Waals surface area contributed by atoms with E-state index in [1.807, 2.05) is 6.92 Å². The first-order valence-electron chi connectivity index (χ1n) is 9.33. The van der Waals surface area contributed by atoms with Gasteiger partial charge in [-0.05, 0) is 30.7 Å². The Morgan fingerprint density at radius 2 is 1.84 bits per heavy atom. The predicted octanol–water partition coefficient (Wildman–Crippen LogP) is 2.37. The van der Waals surface area contributed by atoms with Gasteiger partial charge in [0.15, 0.2) is 17.1 Å². The molecule has 2 aromatic carbocycles. The van der Waals surface area contributed by atoms with E-state index in [0.29, 0.717) is 17.9 Å². The molecule has 3 aromatic rings. The number of carbonyl (C=O) groups is 1. The fourth-order valence-corrected chi connectivity index (χ4v) is 3.93. The van der Waals surface area contributed by atoms with E-state index in [1.165, 1.54) is 44.6 Å². The number of fused-ring (bicyclic) bond motifs is 1. The van der Waals surface area contributed by atoms with Crippen molar-refractivity contribution in [3.05, 3.63) is 46.9 Å². The molecule has 31 heavy (non-hydrogen) atoms. The number of anilines is 1. The Labute approximate surface area is 178 Å². The van der Waals surface area contributed by atoms with Crippen molar-refractivity contribution in [2.75, 3.05) is 25.5 Å². The Kier molecular flexibility index (Phi) is 6.54. The highest BCUT2D eigenvalue weighted by Gasteiger charge is 2.20. The lowest BCUT2D eigenvalue weighted by Crippen LogP contribution is -2.21. The molecule has 1 aromatic heterocycles. The molecule has 1 N–H and O–H groups in total. The fourth-order valence-electron chi connectivity index (χ4n) is 2.87. The van der Waals surface area contributed by atoms with Crippen LogP contribution in [0.2, 0.25) is 0 Å². The summed E-state index contributed by atoms with van der Waals surface area (Å²) < 4.78 is 49.6. The summed E-state index contributed by atoms with van der Waals surface area (Å²) in [5.74, 6) is -0.562. The molecular formula is C20H22N2O8S. The van der Waals surface area contributed by atoms with Crippen LogP contribution >= 0.6 is 0 Å². The van der Waals surface area contributed by atoms with Crippen LogP contribution in [-0.4, -0.2) is 39.8 Å². The number of sulfonamides is 1. The maximum Gasteiger partial charge on any atom is 0.420 e. The van der Waals surface area contributed by atoms with Crippen LogP contribution in [0.15, 0.2) is 50.5 Å². The van der Waals surface area contributed by atoms with Crippen molar-refractivity contribution in [2.24, 2.45) is 0 Å². The van der Waals surface area contributed by atoms with Gasteiger partial charge in [0.25, 0.3) is 10.0 Å². The van der Waals surface area contributed by atoms with Gasteiger partial charge in [-0.3, -0.25) is 14.1 Å². The minimum absolute atomic E-state index is 0.0310. The minimum Gasteiger partial charge on any atom is -0.493 e. The zero-order chi connectivity index (χ0) is 22.6. The van der Waals surface area contributed by atoms with Crippen LogP contribution in [0, 0.1) is 0 Å². The molecule has 0 spiro atoms. The summed E-state index contributed by atoms with van der Waals surface area (Å²) in [4.78, 5) is 23.9. The molecular weight excluding hydrogens is 428 g/mol. The number of nitrogens with zero attached hydrogens (tertiary/aromatic N) is 1. The standard InChI is InChI=1S/C20H22N2O8S/c1-4-9-29-19(23)12-22-15-7-6-14(11-17(15)30-20(22)24)31(25,26)21-13-5-8-16(27-2)18(10-13)28-3/h5-8,10-11,21H,4,9,12H2,1-3H3. The number of nitrogens with one attached hydrogen (secondary N) is 1. The molecule has 0 atom stereocenters. The van der Waals surface area contributed by atoms with Crippen molar-refractivity contribution >= 4 is 32.8 Å². The number of benzene rings is 2. The van der Waals surface area contributed by atoms with Crippen LogP contribution in [0.5, 0.6) is 11.5 Å². The lowest BCUT2D eigenvalue weighted by atomic mass is 10.3. The smallest absolute Gasteiger partial charge is 0.420 e. The molecule has 1 heterocycles. The van der Waals surface area contributed by atoms with Crippen molar-refractivity contribution in [3.63, 3.8) is 0 Å². The summed E-state index contributed by atoms with van der Waals surface area (Å²) in [5, 5.41) is 0. The van der Waals surface area contributed by atoms with Gasteiger partial charge in [-0.15, -0.1) is 0 Å². The minimum atomic E-state index is -4.00. The van der Waals surface area contributed by atoms with Gasteiger partial charge in [-0.2, -0.15) is 0 Å². The number of oxazole rings is 1. The third-order valence-corrected chi connectivity index (χ3v) is 5.72. The third-order valence-electron chi connectivity index (χ3n) is 4.34. The van der Waals surface area contributed by atoms with Crippen LogP contribution in [-0.2, 0) is 26.1 Å². The van der Waals surface area contributed by atoms with Crippen LogP contribution in [0.1, 0.15) is 13.3 Å². The molecule has 0 aliphatic heterocycles. The lowest BCUT2D eigenvalue weighted by Gasteiger charge is -2.12. The first kappa shape index (κ1) is 22.2. The second-order valence-electron chi connectivity index (χ2n) is 6.48. The molecule has 0 amide bonds. The van der Waals surface area contributed by atoms with E-state index in [2.05, 4.69) is 4.72 Å². The van der Waals surface area contributed by atoms with Crippen molar-refractivity contribution in [3.8, 4) is 11.5 Å². The average Bonchev–Trinajstić information content (AvgIpc) is 3.06. The van der Waals surface area contributed by atoms with E-state index in [4.69, 9.17) is 18.6 Å². The van der Waals surface area contributed by atoms with Gasteiger partial charge >= 0.3 is 11.7 Å². The monoisotopic (exact) mass is 450 g/mol. The SMILES string of the molecule is CCCOC(=O)Cn1c(=O)oc2cc(S(=O)(=O)Nc3ccc(OC)c(OC)c3)ccc21. The molecule has 3 rings (SSSR count). The number of hydrogen-bond acceptors (Lipinski definition) is 8. The fraction of sp³-hybridized carbons (Fsp3) is 0.300. The lowest BCUT2D eigenvalue weighted by molar-refractivity contribution is -0.144. The van der Waals surface area contributed by atoms with Gasteiger partial charge in [-0.1, -0.05) is 6.92 Å². The Morgan fingerprint density at radius 3 is 2.52 bits per heavy atom. The first-order valence-corrected chi connectivity index (χ1v) is 10.8. The van der Waals surface area contributed by atoms with Gasteiger partial charge in [0, 0.05) is 12.1 Å². The molecule has 0 radical (unpaired) electrons. The highest BCUT2D eigenvalue weighted by atomic mass is 32.2. The molecule has 0 aliphatic rings.